The summed E-state index contributed by atoms with van der Waals surface area (Å²) in [5, 5.41) is 15.1. The third-order valence-electron chi connectivity index (χ3n) is 3.15. The van der Waals surface area contributed by atoms with Crippen molar-refractivity contribution in [3.63, 3.8) is 0 Å². The first kappa shape index (κ1) is 14.0. The van der Waals surface area contributed by atoms with E-state index in [0.717, 1.165) is 16.5 Å². The Hall–Kier alpha value is -1.40. The number of halogens is 1. The van der Waals surface area contributed by atoms with E-state index < -0.39 is 5.97 Å². The molecule has 0 radical (unpaired) electrons. The van der Waals surface area contributed by atoms with Gasteiger partial charge in [0, 0.05) is 30.0 Å². The molecular weight excluding hydrogens is 312 g/mol. The number of aromatic carboxylic acids is 1. The van der Waals surface area contributed by atoms with Gasteiger partial charge in [-0.1, -0.05) is 22.0 Å². The number of hydrogen-bond donors (Lipinski definition) is 3. The molecule has 1 fully saturated rings. The van der Waals surface area contributed by atoms with E-state index in [0.29, 0.717) is 19.5 Å². The van der Waals surface area contributed by atoms with E-state index in [4.69, 9.17) is 5.11 Å². The highest BCUT2D eigenvalue weighted by Gasteiger charge is 2.17. The predicted molar refractivity (Wildman–Crippen MR) is 74.0 cm³/mol. The van der Waals surface area contributed by atoms with Gasteiger partial charge in [0.2, 0.25) is 5.91 Å². The molecule has 1 unspecified atom stereocenters. The van der Waals surface area contributed by atoms with Crippen molar-refractivity contribution >= 4 is 27.8 Å². The number of benzene rings is 1. The van der Waals surface area contributed by atoms with Crippen LogP contribution in [0.15, 0.2) is 22.7 Å². The van der Waals surface area contributed by atoms with Crippen molar-refractivity contribution in [2.75, 3.05) is 6.54 Å². The maximum atomic E-state index is 11.0. The predicted octanol–water partition coefficient (Wildman–Crippen LogP) is 1.52. The Morgan fingerprint density at radius 3 is 2.89 bits per heavy atom. The molecule has 0 aliphatic carbocycles. The first-order valence-electron chi connectivity index (χ1n) is 6.08. The summed E-state index contributed by atoms with van der Waals surface area (Å²) in [6.07, 6.45) is 1.38. The molecule has 1 amide bonds. The largest absolute Gasteiger partial charge is 0.478 e. The maximum absolute atomic E-state index is 11.0. The molecule has 5 nitrogen and oxygen atoms in total. The van der Waals surface area contributed by atoms with Gasteiger partial charge in [0.1, 0.15) is 0 Å². The minimum Gasteiger partial charge on any atom is -0.478 e. The molecule has 1 saturated heterocycles. The number of carboxylic acids is 1. The summed E-state index contributed by atoms with van der Waals surface area (Å²) in [6, 6.07) is 5.25. The lowest BCUT2D eigenvalue weighted by Crippen LogP contribution is -2.45. The van der Waals surface area contributed by atoms with Gasteiger partial charge in [0.25, 0.3) is 0 Å². The fourth-order valence-electron chi connectivity index (χ4n) is 1.99. The van der Waals surface area contributed by atoms with Gasteiger partial charge in [0.05, 0.1) is 5.56 Å². The standard InChI is InChI=1S/C13H15BrN2O3/c14-11-5-8(13(18)19)1-2-9(11)6-15-10-3-4-12(17)16-7-10/h1-2,5,10,15H,3-4,6-7H2,(H,16,17)(H,18,19). The smallest absolute Gasteiger partial charge is 0.335 e. The zero-order chi connectivity index (χ0) is 13.8. The minimum absolute atomic E-state index is 0.102. The molecule has 1 heterocycles. The number of carboxylic acid groups (broad SMARTS) is 1. The van der Waals surface area contributed by atoms with Crippen molar-refractivity contribution in [1.82, 2.24) is 10.6 Å². The molecule has 0 bridgehead atoms. The van der Waals surface area contributed by atoms with Gasteiger partial charge >= 0.3 is 5.97 Å². The van der Waals surface area contributed by atoms with Crippen molar-refractivity contribution in [2.24, 2.45) is 0 Å². The second-order valence-corrected chi connectivity index (χ2v) is 5.39. The molecule has 19 heavy (non-hydrogen) atoms. The van der Waals surface area contributed by atoms with E-state index in [2.05, 4.69) is 26.6 Å². The minimum atomic E-state index is -0.935. The highest BCUT2D eigenvalue weighted by molar-refractivity contribution is 9.10. The molecule has 1 atom stereocenters. The highest BCUT2D eigenvalue weighted by Crippen LogP contribution is 2.19. The van der Waals surface area contributed by atoms with Gasteiger partial charge in [-0.2, -0.15) is 0 Å². The molecule has 0 saturated carbocycles. The van der Waals surface area contributed by atoms with Crippen molar-refractivity contribution in [3.8, 4) is 0 Å². The average molecular weight is 327 g/mol. The quantitative estimate of drug-likeness (QED) is 0.783. The Balaban J connectivity index is 1.92. The fourth-order valence-corrected chi connectivity index (χ4v) is 2.50. The molecule has 102 valence electrons. The normalized spacial score (nSPS) is 19.0. The third-order valence-corrected chi connectivity index (χ3v) is 3.88. The van der Waals surface area contributed by atoms with Gasteiger partial charge in [-0.25, -0.2) is 4.79 Å². The Labute approximate surface area is 119 Å². The molecule has 1 aromatic rings. The van der Waals surface area contributed by atoms with Gasteiger partial charge in [-0.05, 0) is 24.1 Å². The van der Waals surface area contributed by atoms with Crippen molar-refractivity contribution < 1.29 is 14.7 Å². The molecule has 0 spiro atoms. The van der Waals surface area contributed by atoms with E-state index in [-0.39, 0.29) is 17.5 Å². The molecule has 1 aromatic carbocycles. The monoisotopic (exact) mass is 326 g/mol. The van der Waals surface area contributed by atoms with Crippen LogP contribution < -0.4 is 10.6 Å². The van der Waals surface area contributed by atoms with Gasteiger partial charge in [0.15, 0.2) is 0 Å². The number of nitrogens with one attached hydrogen (secondary N) is 2. The molecule has 0 aromatic heterocycles. The van der Waals surface area contributed by atoms with Gasteiger partial charge in [-0.3, -0.25) is 4.79 Å². The van der Waals surface area contributed by atoms with Crippen LogP contribution in [0.25, 0.3) is 0 Å². The topological polar surface area (TPSA) is 78.4 Å². The third kappa shape index (κ3) is 3.78. The van der Waals surface area contributed by atoms with Crippen LogP contribution in [0.5, 0.6) is 0 Å². The summed E-state index contributed by atoms with van der Waals surface area (Å²) in [5.74, 6) is -0.833. The Kier molecular flexibility index (Phi) is 4.55. The first-order valence-corrected chi connectivity index (χ1v) is 6.87. The van der Waals surface area contributed by atoms with E-state index in [1.54, 1.807) is 18.2 Å². The zero-order valence-electron chi connectivity index (χ0n) is 10.3. The summed E-state index contributed by atoms with van der Waals surface area (Å²) < 4.78 is 0.778. The number of carbonyl (C=O) groups excluding carboxylic acids is 1. The van der Waals surface area contributed by atoms with Crippen LogP contribution in [-0.2, 0) is 11.3 Å². The van der Waals surface area contributed by atoms with Crippen LogP contribution in [0.4, 0.5) is 0 Å². The SMILES string of the molecule is O=C1CCC(NCc2ccc(C(=O)O)cc2Br)CN1. The van der Waals surface area contributed by atoms with Crippen LogP contribution in [0.2, 0.25) is 0 Å². The molecule has 1 aliphatic rings. The van der Waals surface area contributed by atoms with E-state index in [9.17, 15) is 9.59 Å². The Morgan fingerprint density at radius 1 is 1.53 bits per heavy atom. The van der Waals surface area contributed by atoms with E-state index in [1.807, 2.05) is 0 Å². The Morgan fingerprint density at radius 2 is 2.32 bits per heavy atom. The zero-order valence-corrected chi connectivity index (χ0v) is 11.9. The van der Waals surface area contributed by atoms with Crippen LogP contribution >= 0.6 is 15.9 Å². The summed E-state index contributed by atoms with van der Waals surface area (Å²) in [6.45, 7) is 1.28. The van der Waals surface area contributed by atoms with Gasteiger partial charge in [-0.15, -0.1) is 0 Å². The van der Waals surface area contributed by atoms with E-state index in [1.165, 1.54) is 0 Å². The van der Waals surface area contributed by atoms with Crippen molar-refractivity contribution in [2.45, 2.75) is 25.4 Å². The lowest BCUT2D eigenvalue weighted by molar-refractivity contribution is -0.122. The number of piperidine rings is 1. The molecule has 1 aliphatic heterocycles. The number of carbonyl (C=O) groups is 2. The first-order chi connectivity index (χ1) is 9.06. The van der Waals surface area contributed by atoms with Crippen LogP contribution in [0, 0.1) is 0 Å². The molecule has 2 rings (SSSR count). The summed E-state index contributed by atoms with van der Waals surface area (Å²) in [4.78, 5) is 21.9. The number of amides is 1. The fraction of sp³-hybridized carbons (Fsp3) is 0.385. The van der Waals surface area contributed by atoms with Crippen LogP contribution in [0.3, 0.4) is 0 Å². The highest BCUT2D eigenvalue weighted by atomic mass is 79.9. The second-order valence-electron chi connectivity index (χ2n) is 4.53. The van der Waals surface area contributed by atoms with Crippen LogP contribution in [-0.4, -0.2) is 29.6 Å². The maximum Gasteiger partial charge on any atom is 0.335 e. The average Bonchev–Trinajstić information content (AvgIpc) is 2.39. The van der Waals surface area contributed by atoms with E-state index >= 15 is 0 Å². The summed E-state index contributed by atoms with van der Waals surface area (Å²) in [5.41, 5.74) is 1.27. The number of rotatable bonds is 4. The summed E-state index contributed by atoms with van der Waals surface area (Å²) >= 11 is 3.38. The lowest BCUT2D eigenvalue weighted by atomic mass is 10.1. The number of hydrogen-bond acceptors (Lipinski definition) is 3. The molecular formula is C13H15BrN2O3. The van der Waals surface area contributed by atoms with Crippen molar-refractivity contribution in [1.29, 1.82) is 0 Å². The second kappa shape index (κ2) is 6.16. The summed E-state index contributed by atoms with van der Waals surface area (Å²) in [7, 11) is 0. The lowest BCUT2D eigenvalue weighted by Gasteiger charge is -2.23. The van der Waals surface area contributed by atoms with Gasteiger partial charge < -0.3 is 15.7 Å². The molecule has 6 heteroatoms. The van der Waals surface area contributed by atoms with Crippen LogP contribution in [0.1, 0.15) is 28.8 Å². The Bertz CT molecular complexity index is 495. The van der Waals surface area contributed by atoms with Crippen molar-refractivity contribution in [3.05, 3.63) is 33.8 Å². The molecule has 3 N–H and O–H groups in total.